The highest BCUT2D eigenvalue weighted by Gasteiger charge is 2.20. The Balaban J connectivity index is 2.26. The van der Waals surface area contributed by atoms with Crippen molar-refractivity contribution >= 4 is 45.9 Å². The van der Waals surface area contributed by atoms with Crippen molar-refractivity contribution in [2.75, 3.05) is 11.9 Å². The summed E-state index contributed by atoms with van der Waals surface area (Å²) in [6.07, 6.45) is 1.42. The number of anilines is 2. The Morgan fingerprint density at radius 1 is 1.07 bits per heavy atom. The molecule has 0 spiro atoms. The maximum Gasteiger partial charge on any atom is 0.333 e. The van der Waals surface area contributed by atoms with Crippen molar-refractivity contribution < 1.29 is 22.8 Å². The summed E-state index contributed by atoms with van der Waals surface area (Å²) >= 11 is 1.89. The van der Waals surface area contributed by atoms with Gasteiger partial charge in [0.15, 0.2) is 11.6 Å². The zero-order valence-corrected chi connectivity index (χ0v) is 15.9. The summed E-state index contributed by atoms with van der Waals surface area (Å²) in [5.74, 6) is -4.23. The quantitative estimate of drug-likeness (QED) is 0.294. The van der Waals surface area contributed by atoms with Crippen molar-refractivity contribution in [2.45, 2.75) is 0 Å². The molecule has 0 aliphatic carbocycles. The van der Waals surface area contributed by atoms with Crippen LogP contribution in [0.25, 0.3) is 0 Å². The van der Waals surface area contributed by atoms with Gasteiger partial charge in [0.1, 0.15) is 5.82 Å². The molecule has 10 heteroatoms. The molecule has 0 radical (unpaired) electrons. The van der Waals surface area contributed by atoms with E-state index in [1.807, 2.05) is 33.4 Å². The topological polar surface area (TPSA) is 82.3 Å². The third-order valence-electron chi connectivity index (χ3n) is 3.23. The number of rotatable bonds is 5. The van der Waals surface area contributed by atoms with Crippen molar-refractivity contribution in [3.63, 3.8) is 0 Å². The SMILES string of the molecule is C=CCNC(=O)NNC(=O)c1ccc(F)c(F)c1Nc1ccc(I)cc1F. The molecule has 0 bridgehead atoms. The third kappa shape index (κ3) is 5.36. The molecule has 142 valence electrons. The molecule has 0 aliphatic heterocycles. The maximum absolute atomic E-state index is 14.2. The molecule has 27 heavy (non-hydrogen) atoms. The van der Waals surface area contributed by atoms with Gasteiger partial charge in [0.2, 0.25) is 0 Å². The zero-order valence-electron chi connectivity index (χ0n) is 13.7. The number of hydrogen-bond donors (Lipinski definition) is 4. The van der Waals surface area contributed by atoms with E-state index in [-0.39, 0.29) is 17.8 Å². The van der Waals surface area contributed by atoms with Gasteiger partial charge in [0, 0.05) is 10.1 Å². The molecule has 0 aromatic heterocycles. The van der Waals surface area contributed by atoms with Crippen LogP contribution in [0.4, 0.5) is 29.3 Å². The highest BCUT2D eigenvalue weighted by Crippen LogP contribution is 2.28. The largest absolute Gasteiger partial charge is 0.350 e. The molecule has 0 unspecified atom stereocenters. The Kier molecular flexibility index (Phi) is 7.05. The molecule has 4 N–H and O–H groups in total. The van der Waals surface area contributed by atoms with Gasteiger partial charge in [0.05, 0.1) is 16.9 Å². The van der Waals surface area contributed by atoms with E-state index in [9.17, 15) is 22.8 Å². The van der Waals surface area contributed by atoms with Crippen molar-refractivity contribution in [1.29, 1.82) is 0 Å². The van der Waals surface area contributed by atoms with Crippen LogP contribution in [0.5, 0.6) is 0 Å². The third-order valence-corrected chi connectivity index (χ3v) is 3.90. The van der Waals surface area contributed by atoms with E-state index in [0.29, 0.717) is 3.57 Å². The summed E-state index contributed by atoms with van der Waals surface area (Å²) in [6.45, 7) is 3.57. The average molecular weight is 490 g/mol. The van der Waals surface area contributed by atoms with E-state index in [2.05, 4.69) is 17.2 Å². The molecule has 0 saturated carbocycles. The van der Waals surface area contributed by atoms with Crippen LogP contribution < -0.4 is 21.5 Å². The molecule has 0 aliphatic rings. The second-order valence-electron chi connectivity index (χ2n) is 5.11. The highest BCUT2D eigenvalue weighted by atomic mass is 127. The lowest BCUT2D eigenvalue weighted by atomic mass is 10.1. The van der Waals surface area contributed by atoms with Gasteiger partial charge < -0.3 is 10.6 Å². The second kappa shape index (κ2) is 9.26. The Morgan fingerprint density at radius 2 is 1.81 bits per heavy atom. The summed E-state index contributed by atoms with van der Waals surface area (Å²) in [4.78, 5) is 23.7. The van der Waals surface area contributed by atoms with Gasteiger partial charge in [-0.3, -0.25) is 10.2 Å². The average Bonchev–Trinajstić information content (AvgIpc) is 2.63. The van der Waals surface area contributed by atoms with E-state index in [1.165, 1.54) is 18.2 Å². The number of benzene rings is 2. The first-order chi connectivity index (χ1) is 12.8. The van der Waals surface area contributed by atoms with Crippen molar-refractivity contribution in [1.82, 2.24) is 16.2 Å². The number of hydrazine groups is 1. The van der Waals surface area contributed by atoms with E-state index in [4.69, 9.17) is 0 Å². The van der Waals surface area contributed by atoms with E-state index in [0.717, 1.165) is 12.1 Å². The monoisotopic (exact) mass is 490 g/mol. The predicted molar refractivity (Wildman–Crippen MR) is 103 cm³/mol. The van der Waals surface area contributed by atoms with E-state index in [1.54, 1.807) is 6.07 Å². The molecule has 0 fully saturated rings. The minimum atomic E-state index is -1.36. The summed E-state index contributed by atoms with van der Waals surface area (Å²) in [6, 6.07) is 5.08. The number of carbonyl (C=O) groups excluding carboxylic acids is 2. The number of amides is 3. The molecule has 2 aromatic rings. The lowest BCUT2D eigenvalue weighted by Gasteiger charge is -2.15. The molecule has 6 nitrogen and oxygen atoms in total. The predicted octanol–water partition coefficient (Wildman–Crippen LogP) is 3.58. The minimum Gasteiger partial charge on any atom is -0.350 e. The van der Waals surface area contributed by atoms with Gasteiger partial charge in [-0.1, -0.05) is 6.08 Å². The van der Waals surface area contributed by atoms with Crippen LogP contribution in [0.3, 0.4) is 0 Å². The van der Waals surface area contributed by atoms with Crippen LogP contribution in [-0.4, -0.2) is 18.5 Å². The Bertz CT molecular complexity index is 893. The number of hydrogen-bond acceptors (Lipinski definition) is 3. The Morgan fingerprint density at radius 3 is 2.48 bits per heavy atom. The Hall–Kier alpha value is -2.76. The van der Waals surface area contributed by atoms with E-state index < -0.39 is 35.1 Å². The lowest BCUT2D eigenvalue weighted by molar-refractivity contribution is 0.0936. The van der Waals surface area contributed by atoms with Crippen LogP contribution in [0.15, 0.2) is 43.0 Å². The van der Waals surface area contributed by atoms with Gasteiger partial charge in [-0.15, -0.1) is 6.58 Å². The Labute approximate surface area is 166 Å². The van der Waals surface area contributed by atoms with Crippen LogP contribution >= 0.6 is 22.6 Å². The summed E-state index contributed by atoms with van der Waals surface area (Å²) < 4.78 is 42.5. The van der Waals surface area contributed by atoms with Crippen LogP contribution in [0, 0.1) is 21.0 Å². The fourth-order valence-electron chi connectivity index (χ4n) is 1.98. The molecule has 0 saturated heterocycles. The minimum absolute atomic E-state index is 0.148. The first-order valence-electron chi connectivity index (χ1n) is 7.48. The van der Waals surface area contributed by atoms with E-state index >= 15 is 0 Å². The maximum atomic E-state index is 14.2. The van der Waals surface area contributed by atoms with Gasteiger partial charge in [-0.05, 0) is 52.9 Å². The standard InChI is InChI=1S/C17H14F3IN4O2/c1-2-7-22-17(27)25-24-16(26)10-4-5-11(18)14(20)15(10)23-13-6-3-9(21)8-12(13)19/h2-6,8,23H,1,7H2,(H,24,26)(H2,22,25,27). The fourth-order valence-corrected chi connectivity index (χ4v) is 2.43. The molecular formula is C17H14F3IN4O2. The number of urea groups is 1. The van der Waals surface area contributed by atoms with Gasteiger partial charge >= 0.3 is 6.03 Å². The summed E-state index contributed by atoms with van der Waals surface area (Å²) in [7, 11) is 0. The van der Waals surface area contributed by atoms with Gasteiger partial charge in [0.25, 0.3) is 5.91 Å². The normalized spacial score (nSPS) is 10.1. The van der Waals surface area contributed by atoms with Crippen molar-refractivity contribution in [2.24, 2.45) is 0 Å². The fraction of sp³-hybridized carbons (Fsp3) is 0.0588. The molecular weight excluding hydrogens is 476 g/mol. The van der Waals surface area contributed by atoms with Crippen LogP contribution in [0.2, 0.25) is 0 Å². The molecule has 2 rings (SSSR count). The molecule has 3 amide bonds. The first kappa shape index (κ1) is 20.6. The molecule has 2 aromatic carbocycles. The molecule has 0 heterocycles. The smallest absolute Gasteiger partial charge is 0.333 e. The van der Waals surface area contributed by atoms with Crippen LogP contribution in [-0.2, 0) is 0 Å². The highest BCUT2D eigenvalue weighted by molar-refractivity contribution is 14.1. The number of nitrogens with one attached hydrogen (secondary N) is 4. The second-order valence-corrected chi connectivity index (χ2v) is 6.36. The zero-order chi connectivity index (χ0) is 20.0. The number of halogens is 4. The lowest BCUT2D eigenvalue weighted by Crippen LogP contribution is -2.47. The number of carbonyl (C=O) groups is 2. The van der Waals surface area contributed by atoms with Crippen LogP contribution in [0.1, 0.15) is 10.4 Å². The van der Waals surface area contributed by atoms with Crippen molar-refractivity contribution in [3.05, 3.63) is 69.6 Å². The summed E-state index contributed by atoms with van der Waals surface area (Å²) in [5.41, 5.74) is 3.03. The van der Waals surface area contributed by atoms with Crippen molar-refractivity contribution in [3.8, 4) is 0 Å². The molecule has 0 atom stereocenters. The first-order valence-corrected chi connectivity index (χ1v) is 8.56. The van der Waals surface area contributed by atoms with Gasteiger partial charge in [-0.25, -0.2) is 23.4 Å². The van der Waals surface area contributed by atoms with Gasteiger partial charge in [-0.2, -0.15) is 0 Å². The summed E-state index contributed by atoms with van der Waals surface area (Å²) in [5, 5.41) is 4.73.